The Balaban J connectivity index is 2.36. The summed E-state index contributed by atoms with van der Waals surface area (Å²) < 4.78 is 0. The zero-order valence-electron chi connectivity index (χ0n) is 11.9. The van der Waals surface area contributed by atoms with E-state index in [1.54, 1.807) is 6.92 Å². The molecule has 0 bridgehead atoms. The summed E-state index contributed by atoms with van der Waals surface area (Å²) in [6, 6.07) is 15.6. The second-order valence-corrected chi connectivity index (χ2v) is 5.35. The van der Waals surface area contributed by atoms with Crippen LogP contribution in [0.4, 0.5) is 5.69 Å². The first-order valence-corrected chi connectivity index (χ1v) is 6.96. The molecule has 1 unspecified atom stereocenters. The van der Waals surface area contributed by atoms with E-state index >= 15 is 0 Å². The van der Waals surface area contributed by atoms with Gasteiger partial charge in [0, 0.05) is 23.3 Å². The number of rotatable bonds is 4. The Morgan fingerprint density at radius 3 is 2.50 bits per heavy atom. The van der Waals surface area contributed by atoms with E-state index < -0.39 is 0 Å². The molecule has 0 aromatic heterocycles. The third-order valence-electron chi connectivity index (χ3n) is 3.58. The predicted octanol–water partition coefficient (Wildman–Crippen LogP) is 4.74. The van der Waals surface area contributed by atoms with Crippen molar-refractivity contribution in [3.8, 4) is 0 Å². The van der Waals surface area contributed by atoms with Crippen LogP contribution in [0.2, 0.25) is 5.02 Å². The summed E-state index contributed by atoms with van der Waals surface area (Å²) in [6.45, 7) is 3.69. The summed E-state index contributed by atoms with van der Waals surface area (Å²) in [5.41, 5.74) is 2.80. The molecule has 20 heavy (non-hydrogen) atoms. The van der Waals surface area contributed by atoms with Crippen molar-refractivity contribution in [1.82, 2.24) is 0 Å². The number of Topliss-reactive ketones (excluding diaryl/α,β-unsaturated/α-hetero) is 1. The van der Waals surface area contributed by atoms with Gasteiger partial charge in [-0.25, -0.2) is 0 Å². The summed E-state index contributed by atoms with van der Waals surface area (Å²) in [5.74, 6) is 0.0748. The fourth-order valence-corrected chi connectivity index (χ4v) is 2.48. The lowest BCUT2D eigenvalue weighted by molar-refractivity contribution is 0.101. The quantitative estimate of drug-likeness (QED) is 0.757. The summed E-state index contributed by atoms with van der Waals surface area (Å²) in [5, 5.41) is 0.725. The average Bonchev–Trinajstić information content (AvgIpc) is 2.45. The zero-order valence-corrected chi connectivity index (χ0v) is 12.7. The molecule has 0 aliphatic heterocycles. The van der Waals surface area contributed by atoms with Crippen LogP contribution in [0.15, 0.2) is 48.5 Å². The topological polar surface area (TPSA) is 20.3 Å². The molecule has 0 radical (unpaired) electrons. The van der Waals surface area contributed by atoms with Crippen molar-refractivity contribution in [2.45, 2.75) is 19.9 Å². The van der Waals surface area contributed by atoms with Gasteiger partial charge in [0.25, 0.3) is 0 Å². The number of carbonyl (C=O) groups excluding carboxylic acids is 1. The van der Waals surface area contributed by atoms with Crippen molar-refractivity contribution < 1.29 is 4.79 Å². The number of nitrogens with zero attached hydrogens (tertiary/aromatic N) is 1. The number of halogens is 1. The molecular weight excluding hydrogens is 270 g/mol. The lowest BCUT2D eigenvalue weighted by Crippen LogP contribution is -2.23. The van der Waals surface area contributed by atoms with E-state index in [4.69, 9.17) is 11.6 Å². The molecule has 104 valence electrons. The Morgan fingerprint density at radius 2 is 1.85 bits per heavy atom. The van der Waals surface area contributed by atoms with Crippen LogP contribution < -0.4 is 4.90 Å². The maximum absolute atomic E-state index is 11.7. The van der Waals surface area contributed by atoms with Crippen LogP contribution in [0.5, 0.6) is 0 Å². The molecule has 0 aliphatic carbocycles. The maximum Gasteiger partial charge on any atom is 0.161 e. The molecule has 3 heteroatoms. The first-order valence-electron chi connectivity index (χ1n) is 6.59. The maximum atomic E-state index is 11.7. The van der Waals surface area contributed by atoms with E-state index in [1.165, 1.54) is 0 Å². The monoisotopic (exact) mass is 287 g/mol. The first kappa shape index (κ1) is 14.6. The van der Waals surface area contributed by atoms with Crippen LogP contribution in [0.3, 0.4) is 0 Å². The largest absolute Gasteiger partial charge is 0.367 e. The van der Waals surface area contributed by atoms with E-state index in [0.717, 1.165) is 21.8 Å². The molecule has 0 saturated carbocycles. The number of hydrogen-bond donors (Lipinski definition) is 0. The molecule has 0 N–H and O–H groups in total. The number of carbonyl (C=O) groups is 1. The molecule has 2 nitrogen and oxygen atoms in total. The minimum atomic E-state index is 0.0748. The van der Waals surface area contributed by atoms with Crippen molar-refractivity contribution in [3.63, 3.8) is 0 Å². The second-order valence-electron chi connectivity index (χ2n) is 4.92. The number of anilines is 1. The fraction of sp³-hybridized carbons (Fsp3) is 0.235. The Hall–Kier alpha value is -1.80. The predicted molar refractivity (Wildman–Crippen MR) is 84.7 cm³/mol. The van der Waals surface area contributed by atoms with Gasteiger partial charge in [-0.3, -0.25) is 4.79 Å². The van der Waals surface area contributed by atoms with Gasteiger partial charge in [-0.05, 0) is 43.7 Å². The number of ketones is 1. The summed E-state index contributed by atoms with van der Waals surface area (Å²) in [7, 11) is 1.99. The van der Waals surface area contributed by atoms with Gasteiger partial charge in [-0.1, -0.05) is 35.9 Å². The highest BCUT2D eigenvalue weighted by atomic mass is 35.5. The van der Waals surface area contributed by atoms with Gasteiger partial charge in [-0.15, -0.1) is 0 Å². The van der Waals surface area contributed by atoms with Crippen molar-refractivity contribution in [1.29, 1.82) is 0 Å². The van der Waals surface area contributed by atoms with Gasteiger partial charge < -0.3 is 4.90 Å². The van der Waals surface area contributed by atoms with E-state index in [2.05, 4.69) is 11.8 Å². The molecule has 0 amide bonds. The van der Waals surface area contributed by atoms with E-state index in [9.17, 15) is 4.79 Å². The number of benzene rings is 2. The van der Waals surface area contributed by atoms with Gasteiger partial charge in [0.2, 0.25) is 0 Å². The first-order chi connectivity index (χ1) is 9.50. The van der Waals surface area contributed by atoms with Crippen LogP contribution in [0.25, 0.3) is 0 Å². The molecule has 0 saturated heterocycles. The standard InChI is InChI=1S/C17H18ClNO/c1-12(14-7-6-8-15(18)11-14)19(3)17-10-5-4-9-16(17)13(2)20/h4-12H,1-3H3. The van der Waals surface area contributed by atoms with E-state index in [1.807, 2.05) is 55.6 Å². The van der Waals surface area contributed by atoms with E-state index in [-0.39, 0.29) is 11.8 Å². The second kappa shape index (κ2) is 6.10. The third-order valence-corrected chi connectivity index (χ3v) is 3.81. The van der Waals surface area contributed by atoms with E-state index in [0.29, 0.717) is 0 Å². The minimum absolute atomic E-state index is 0.0748. The van der Waals surface area contributed by atoms with Crippen molar-refractivity contribution >= 4 is 23.1 Å². The lowest BCUT2D eigenvalue weighted by atomic mass is 10.0. The van der Waals surface area contributed by atoms with Crippen LogP contribution in [-0.2, 0) is 0 Å². The Bertz CT molecular complexity index is 624. The number of hydrogen-bond acceptors (Lipinski definition) is 2. The van der Waals surface area contributed by atoms with Crippen molar-refractivity contribution in [3.05, 3.63) is 64.7 Å². The van der Waals surface area contributed by atoms with Crippen LogP contribution in [0, 0.1) is 0 Å². The third kappa shape index (κ3) is 3.02. The van der Waals surface area contributed by atoms with Gasteiger partial charge in [-0.2, -0.15) is 0 Å². The lowest BCUT2D eigenvalue weighted by Gasteiger charge is -2.29. The SMILES string of the molecule is CC(=O)c1ccccc1N(C)C(C)c1cccc(Cl)c1. The number of para-hydroxylation sites is 1. The average molecular weight is 288 g/mol. The summed E-state index contributed by atoms with van der Waals surface area (Å²) in [4.78, 5) is 13.8. The highest BCUT2D eigenvalue weighted by molar-refractivity contribution is 6.30. The normalized spacial score (nSPS) is 12.0. The van der Waals surface area contributed by atoms with Gasteiger partial charge in [0.1, 0.15) is 0 Å². The highest BCUT2D eigenvalue weighted by Gasteiger charge is 2.16. The Morgan fingerprint density at radius 1 is 1.15 bits per heavy atom. The van der Waals surface area contributed by atoms with Gasteiger partial charge >= 0.3 is 0 Å². The molecule has 2 rings (SSSR count). The molecule has 1 atom stereocenters. The fourth-order valence-electron chi connectivity index (χ4n) is 2.28. The molecule has 0 aliphatic rings. The van der Waals surface area contributed by atoms with Crippen LogP contribution in [0.1, 0.15) is 35.8 Å². The molecule has 2 aromatic rings. The summed E-state index contributed by atoms with van der Waals surface area (Å²) in [6.07, 6.45) is 0. The Labute approximate surface area is 125 Å². The molecule has 0 spiro atoms. The van der Waals surface area contributed by atoms with Crippen molar-refractivity contribution in [2.75, 3.05) is 11.9 Å². The summed E-state index contributed by atoms with van der Waals surface area (Å²) >= 11 is 6.05. The highest BCUT2D eigenvalue weighted by Crippen LogP contribution is 2.29. The molecule has 0 fully saturated rings. The van der Waals surface area contributed by atoms with Crippen LogP contribution in [-0.4, -0.2) is 12.8 Å². The Kier molecular flexibility index (Phi) is 4.46. The van der Waals surface area contributed by atoms with Crippen molar-refractivity contribution in [2.24, 2.45) is 0 Å². The van der Waals surface area contributed by atoms with Gasteiger partial charge in [0.05, 0.1) is 6.04 Å². The molecule has 2 aromatic carbocycles. The smallest absolute Gasteiger partial charge is 0.161 e. The molecular formula is C17H18ClNO. The molecule has 0 heterocycles. The van der Waals surface area contributed by atoms with Crippen LogP contribution >= 0.6 is 11.6 Å². The minimum Gasteiger partial charge on any atom is -0.367 e. The zero-order chi connectivity index (χ0) is 14.7. The van der Waals surface area contributed by atoms with Gasteiger partial charge in [0.15, 0.2) is 5.78 Å².